The number of hydrogen-bond donors (Lipinski definition) is 3. The summed E-state index contributed by atoms with van der Waals surface area (Å²) in [6.45, 7) is 1.74. The molecule has 1 atom stereocenters. The van der Waals surface area contributed by atoms with Crippen molar-refractivity contribution in [2.45, 2.75) is 12.5 Å². The van der Waals surface area contributed by atoms with Crippen molar-refractivity contribution in [3.8, 4) is 5.75 Å². The number of hydrogen-bond acceptors (Lipinski definition) is 4. The molecule has 118 valence electrons. The Balaban J connectivity index is 1.98. The molecule has 2 aromatic rings. The van der Waals surface area contributed by atoms with Crippen LogP contribution in [0.25, 0.3) is 0 Å². The number of benzene rings is 1. The van der Waals surface area contributed by atoms with Crippen molar-refractivity contribution in [1.29, 1.82) is 0 Å². The molecule has 0 spiro atoms. The summed E-state index contributed by atoms with van der Waals surface area (Å²) in [7, 11) is 1.48. The highest BCUT2D eigenvalue weighted by atomic mass is 35.5. The zero-order chi connectivity index (χ0) is 16.2. The number of carbonyl (C=O) groups is 1. The fraction of sp³-hybridized carbons (Fsp3) is 0.267. The van der Waals surface area contributed by atoms with Crippen LogP contribution in [0, 0.1) is 0 Å². The van der Waals surface area contributed by atoms with Crippen molar-refractivity contribution >= 4 is 34.7 Å². The standard InChI is InChI=1S/C15H17ClN2O3S/c1-15(20,12-7-4-8-22-12)9-17-14(19)18-11-6-3-5-10(16)13(11)21-2/h3-8,20H,9H2,1-2H3,(H2,17,18,19)/t15-/m0/s1. The van der Waals surface area contributed by atoms with E-state index in [1.165, 1.54) is 18.4 Å². The molecule has 2 amide bonds. The van der Waals surface area contributed by atoms with Crippen LogP contribution < -0.4 is 15.4 Å². The van der Waals surface area contributed by atoms with Gasteiger partial charge in [-0.1, -0.05) is 23.7 Å². The van der Waals surface area contributed by atoms with E-state index in [0.29, 0.717) is 16.5 Å². The van der Waals surface area contributed by atoms with Gasteiger partial charge in [0.15, 0.2) is 5.75 Å². The van der Waals surface area contributed by atoms with Gasteiger partial charge in [0.1, 0.15) is 5.60 Å². The molecule has 0 aliphatic heterocycles. The molecule has 3 N–H and O–H groups in total. The third-order valence-electron chi connectivity index (χ3n) is 3.06. The molecular weight excluding hydrogens is 324 g/mol. The topological polar surface area (TPSA) is 70.6 Å². The Morgan fingerprint density at radius 1 is 1.41 bits per heavy atom. The summed E-state index contributed by atoms with van der Waals surface area (Å²) in [4.78, 5) is 12.8. The zero-order valence-electron chi connectivity index (χ0n) is 12.2. The summed E-state index contributed by atoms with van der Waals surface area (Å²) in [5, 5.41) is 17.9. The largest absolute Gasteiger partial charge is 0.493 e. The summed E-state index contributed by atoms with van der Waals surface area (Å²) >= 11 is 7.43. The zero-order valence-corrected chi connectivity index (χ0v) is 13.8. The van der Waals surface area contributed by atoms with Crippen molar-refractivity contribution in [2.75, 3.05) is 19.0 Å². The number of ether oxygens (including phenoxy) is 1. The second-order valence-corrected chi connectivity index (χ2v) is 6.23. The van der Waals surface area contributed by atoms with E-state index in [1.807, 2.05) is 17.5 Å². The Hall–Kier alpha value is -1.76. The molecule has 5 nitrogen and oxygen atoms in total. The number of carbonyl (C=O) groups excluding carboxylic acids is 1. The number of methoxy groups -OCH3 is 1. The first-order valence-electron chi connectivity index (χ1n) is 6.58. The monoisotopic (exact) mass is 340 g/mol. The van der Waals surface area contributed by atoms with E-state index >= 15 is 0 Å². The Kier molecular flexibility index (Phi) is 5.28. The molecule has 7 heteroatoms. The van der Waals surface area contributed by atoms with Crippen molar-refractivity contribution in [3.63, 3.8) is 0 Å². The van der Waals surface area contributed by atoms with E-state index < -0.39 is 11.6 Å². The minimum Gasteiger partial charge on any atom is -0.493 e. The maximum atomic E-state index is 12.0. The number of anilines is 1. The number of thiophene rings is 1. The molecule has 1 aromatic heterocycles. The van der Waals surface area contributed by atoms with E-state index in [-0.39, 0.29) is 6.54 Å². The minimum absolute atomic E-state index is 0.0855. The number of amides is 2. The first-order chi connectivity index (χ1) is 10.4. The van der Waals surface area contributed by atoms with Gasteiger partial charge < -0.3 is 20.5 Å². The van der Waals surface area contributed by atoms with Crippen LogP contribution in [0.3, 0.4) is 0 Å². The Labute approximate surface area is 137 Å². The second kappa shape index (κ2) is 7.00. The lowest BCUT2D eigenvalue weighted by Gasteiger charge is -2.22. The molecule has 0 aliphatic carbocycles. The number of rotatable bonds is 5. The van der Waals surface area contributed by atoms with E-state index in [1.54, 1.807) is 25.1 Å². The summed E-state index contributed by atoms with van der Waals surface area (Å²) in [5.41, 5.74) is -0.660. The fourth-order valence-corrected chi connectivity index (χ4v) is 2.94. The van der Waals surface area contributed by atoms with E-state index in [4.69, 9.17) is 16.3 Å². The van der Waals surface area contributed by atoms with Gasteiger partial charge in [-0.25, -0.2) is 4.79 Å². The van der Waals surface area contributed by atoms with Gasteiger partial charge in [-0.3, -0.25) is 0 Å². The van der Waals surface area contributed by atoms with Gasteiger partial charge in [0.2, 0.25) is 0 Å². The van der Waals surface area contributed by atoms with Crippen LogP contribution in [0.15, 0.2) is 35.7 Å². The summed E-state index contributed by atoms with van der Waals surface area (Å²) in [5.74, 6) is 0.393. The van der Waals surface area contributed by atoms with Gasteiger partial charge in [-0.05, 0) is 30.5 Å². The highest BCUT2D eigenvalue weighted by molar-refractivity contribution is 7.10. The number of urea groups is 1. The average Bonchev–Trinajstić information content (AvgIpc) is 3.01. The maximum absolute atomic E-state index is 12.0. The van der Waals surface area contributed by atoms with Gasteiger partial charge >= 0.3 is 6.03 Å². The molecule has 0 fully saturated rings. The molecular formula is C15H17ClN2O3S. The molecule has 0 saturated carbocycles. The first kappa shape index (κ1) is 16.6. The molecule has 0 saturated heterocycles. The van der Waals surface area contributed by atoms with Crippen LogP contribution >= 0.6 is 22.9 Å². The van der Waals surface area contributed by atoms with Crippen molar-refractivity contribution in [3.05, 3.63) is 45.6 Å². The van der Waals surface area contributed by atoms with Crippen molar-refractivity contribution in [2.24, 2.45) is 0 Å². The van der Waals surface area contributed by atoms with Gasteiger partial charge in [0.25, 0.3) is 0 Å². The highest BCUT2D eigenvalue weighted by Gasteiger charge is 2.25. The predicted molar refractivity (Wildman–Crippen MR) is 88.9 cm³/mol. The van der Waals surface area contributed by atoms with Crippen LogP contribution in [-0.2, 0) is 5.60 Å². The van der Waals surface area contributed by atoms with E-state index in [0.717, 1.165) is 4.88 Å². The summed E-state index contributed by atoms with van der Waals surface area (Å²) < 4.78 is 5.16. The van der Waals surface area contributed by atoms with Crippen LogP contribution in [0.2, 0.25) is 5.02 Å². The fourth-order valence-electron chi connectivity index (χ4n) is 1.91. The van der Waals surface area contributed by atoms with Gasteiger partial charge in [-0.15, -0.1) is 11.3 Å². The van der Waals surface area contributed by atoms with Gasteiger partial charge in [0, 0.05) is 4.88 Å². The molecule has 0 radical (unpaired) electrons. The molecule has 1 aromatic carbocycles. The molecule has 0 unspecified atom stereocenters. The molecule has 1 heterocycles. The van der Waals surface area contributed by atoms with Crippen LogP contribution in [0.4, 0.5) is 10.5 Å². The predicted octanol–water partition coefficient (Wildman–Crippen LogP) is 3.44. The lowest BCUT2D eigenvalue weighted by atomic mass is 10.1. The lowest BCUT2D eigenvalue weighted by Crippen LogP contribution is -2.40. The van der Waals surface area contributed by atoms with E-state index in [9.17, 15) is 9.90 Å². The van der Waals surface area contributed by atoms with Crippen LogP contribution in [0.1, 0.15) is 11.8 Å². The third-order valence-corrected chi connectivity index (χ3v) is 4.49. The van der Waals surface area contributed by atoms with Crippen LogP contribution in [0.5, 0.6) is 5.75 Å². The Bertz CT molecular complexity index is 644. The molecule has 2 rings (SSSR count). The van der Waals surface area contributed by atoms with Crippen molar-refractivity contribution in [1.82, 2.24) is 5.32 Å². The average molecular weight is 341 g/mol. The SMILES string of the molecule is COc1c(Cl)cccc1NC(=O)NC[C@](C)(O)c1cccs1. The van der Waals surface area contributed by atoms with Gasteiger partial charge in [-0.2, -0.15) is 0 Å². The number of aliphatic hydroxyl groups is 1. The molecule has 22 heavy (non-hydrogen) atoms. The van der Waals surface area contributed by atoms with Gasteiger partial charge in [0.05, 0.1) is 24.4 Å². The Morgan fingerprint density at radius 2 is 2.18 bits per heavy atom. The maximum Gasteiger partial charge on any atom is 0.319 e. The second-order valence-electron chi connectivity index (χ2n) is 4.88. The highest BCUT2D eigenvalue weighted by Crippen LogP contribution is 2.32. The number of para-hydroxylation sites is 1. The summed E-state index contributed by atoms with van der Waals surface area (Å²) in [6, 6.07) is 8.29. The van der Waals surface area contributed by atoms with E-state index in [2.05, 4.69) is 10.6 Å². The quantitative estimate of drug-likeness (QED) is 0.780. The minimum atomic E-state index is -1.12. The molecule has 0 aliphatic rings. The lowest BCUT2D eigenvalue weighted by molar-refractivity contribution is 0.0637. The molecule has 0 bridgehead atoms. The normalized spacial score (nSPS) is 13.3. The van der Waals surface area contributed by atoms with Crippen LogP contribution in [-0.4, -0.2) is 24.8 Å². The summed E-state index contributed by atoms with van der Waals surface area (Å²) in [6.07, 6.45) is 0. The number of nitrogens with one attached hydrogen (secondary N) is 2. The number of halogens is 1. The Morgan fingerprint density at radius 3 is 2.82 bits per heavy atom. The van der Waals surface area contributed by atoms with Crippen molar-refractivity contribution < 1.29 is 14.6 Å². The first-order valence-corrected chi connectivity index (χ1v) is 7.83. The smallest absolute Gasteiger partial charge is 0.319 e. The third kappa shape index (κ3) is 3.91.